The van der Waals surface area contributed by atoms with Crippen LogP contribution in [0.4, 0.5) is 5.69 Å². The zero-order valence-electron chi connectivity index (χ0n) is 17.7. The number of ether oxygens (including phenoxy) is 1. The molecule has 0 unspecified atom stereocenters. The van der Waals surface area contributed by atoms with Crippen LogP contribution >= 0.6 is 23.2 Å². The minimum atomic E-state index is -0.695. The van der Waals surface area contributed by atoms with Crippen LogP contribution in [0.1, 0.15) is 39.0 Å². The van der Waals surface area contributed by atoms with Crippen molar-refractivity contribution >= 4 is 51.7 Å². The summed E-state index contributed by atoms with van der Waals surface area (Å²) in [4.78, 5) is 18.3. The second kappa shape index (κ2) is 10.0. The van der Waals surface area contributed by atoms with Gasteiger partial charge in [0.25, 0.3) is 0 Å². The minimum absolute atomic E-state index is 0.0475. The van der Waals surface area contributed by atoms with Gasteiger partial charge in [0.05, 0.1) is 5.69 Å². The molecule has 30 heavy (non-hydrogen) atoms. The van der Waals surface area contributed by atoms with Crippen molar-refractivity contribution in [2.45, 2.75) is 46.6 Å². The lowest BCUT2D eigenvalue weighted by Gasteiger charge is -2.29. The van der Waals surface area contributed by atoms with E-state index in [-0.39, 0.29) is 12.2 Å². The highest BCUT2D eigenvalue weighted by molar-refractivity contribution is 6.35. The van der Waals surface area contributed by atoms with E-state index >= 15 is 0 Å². The average Bonchev–Trinajstić information content (AvgIpc) is 2.98. The van der Waals surface area contributed by atoms with Gasteiger partial charge in [-0.2, -0.15) is 0 Å². The Morgan fingerprint density at radius 3 is 2.37 bits per heavy atom. The Hall–Kier alpha value is -2.50. The van der Waals surface area contributed by atoms with E-state index in [0.717, 1.165) is 21.6 Å². The summed E-state index contributed by atoms with van der Waals surface area (Å²) in [5.41, 5.74) is 2.56. The van der Waals surface area contributed by atoms with Crippen LogP contribution in [0.5, 0.6) is 0 Å². The molecular weight excluding hydrogens is 423 g/mol. The molecule has 7 heteroatoms. The first kappa shape index (κ1) is 23.8. The standard InChI is InChI=1S/C14H18ClNO3.C9H8ClN/c1-9(17)8-10-11(15)6-5-7-12(10)16-13(18)19-14(2,3)4;1-6-5-7-8(10)3-2-4-9(7)11-6/h5-7H,8H2,1-4H3,(H,16,18);2-5,11H,1H3/p-1. The number of hydrogen-bond acceptors (Lipinski definition) is 4. The third-order valence-electron chi connectivity index (χ3n) is 3.87. The SMILES string of the molecule is CC(=O)Cc1c(Cl)cccc1N=C([O-])OC(C)(C)C.Cc1cc2c(Cl)cccc2[nH]1. The van der Waals surface area contributed by atoms with Gasteiger partial charge in [0.1, 0.15) is 5.78 Å². The lowest BCUT2D eigenvalue weighted by Crippen LogP contribution is -2.31. The fourth-order valence-electron chi connectivity index (χ4n) is 2.72. The summed E-state index contributed by atoms with van der Waals surface area (Å²) in [6.45, 7) is 8.76. The van der Waals surface area contributed by atoms with Gasteiger partial charge < -0.3 is 14.8 Å². The normalized spacial score (nSPS) is 11.8. The molecule has 0 radical (unpaired) electrons. The number of fused-ring (bicyclic) bond motifs is 1. The highest BCUT2D eigenvalue weighted by atomic mass is 35.5. The zero-order chi connectivity index (χ0) is 22.5. The van der Waals surface area contributed by atoms with Crippen molar-refractivity contribution in [1.82, 2.24) is 4.98 Å². The molecule has 5 nitrogen and oxygen atoms in total. The summed E-state index contributed by atoms with van der Waals surface area (Å²) in [5, 5.41) is 14.0. The second-order valence-corrected chi connectivity index (χ2v) is 8.68. The predicted octanol–water partition coefficient (Wildman–Crippen LogP) is 5.76. The number of hydrogen-bond donors (Lipinski definition) is 1. The van der Waals surface area contributed by atoms with Gasteiger partial charge in [-0.1, -0.05) is 56.1 Å². The number of rotatable bonds is 3. The van der Waals surface area contributed by atoms with Crippen LogP contribution < -0.4 is 5.11 Å². The Morgan fingerprint density at radius 2 is 1.77 bits per heavy atom. The average molecular weight is 448 g/mol. The van der Waals surface area contributed by atoms with Gasteiger partial charge >= 0.3 is 0 Å². The molecule has 0 aliphatic heterocycles. The number of Topliss-reactive ketones (excluding diaryl/α,β-unsaturated/α-hetero) is 1. The van der Waals surface area contributed by atoms with E-state index in [0.29, 0.717) is 16.3 Å². The summed E-state index contributed by atoms with van der Waals surface area (Å²) >= 11 is 12.0. The van der Waals surface area contributed by atoms with E-state index in [1.807, 2.05) is 25.1 Å². The molecule has 0 bridgehead atoms. The van der Waals surface area contributed by atoms with Crippen LogP contribution in [-0.4, -0.2) is 22.5 Å². The molecule has 0 spiro atoms. The van der Waals surface area contributed by atoms with Crippen molar-refractivity contribution in [2.24, 2.45) is 4.99 Å². The molecule has 1 heterocycles. The lowest BCUT2D eigenvalue weighted by atomic mass is 10.1. The van der Waals surface area contributed by atoms with Crippen molar-refractivity contribution in [3.8, 4) is 0 Å². The van der Waals surface area contributed by atoms with Crippen LogP contribution in [-0.2, 0) is 16.0 Å². The fourth-order valence-corrected chi connectivity index (χ4v) is 3.18. The molecule has 0 saturated heterocycles. The monoisotopic (exact) mass is 447 g/mol. The first-order chi connectivity index (χ1) is 14.0. The maximum Gasteiger partial charge on any atom is 0.151 e. The number of H-pyrrole nitrogens is 1. The lowest BCUT2D eigenvalue weighted by molar-refractivity contribution is -0.259. The Balaban J connectivity index is 0.000000244. The van der Waals surface area contributed by atoms with Crippen LogP contribution in [0.3, 0.4) is 0 Å². The number of ketones is 1. The number of aromatic nitrogens is 1. The maximum absolute atomic E-state index is 11.7. The summed E-state index contributed by atoms with van der Waals surface area (Å²) in [5.74, 6) is -0.0475. The first-order valence-corrected chi connectivity index (χ1v) is 10.2. The Bertz CT molecular complexity index is 1070. The van der Waals surface area contributed by atoms with E-state index in [2.05, 4.69) is 16.0 Å². The highest BCUT2D eigenvalue weighted by Crippen LogP contribution is 2.28. The van der Waals surface area contributed by atoms with Gasteiger partial charge in [-0.05, 0) is 44.2 Å². The largest absolute Gasteiger partial charge is 0.594 e. The van der Waals surface area contributed by atoms with Crippen molar-refractivity contribution in [3.63, 3.8) is 0 Å². The van der Waals surface area contributed by atoms with Gasteiger partial charge in [0.2, 0.25) is 0 Å². The first-order valence-electron chi connectivity index (χ1n) is 9.41. The number of nitrogens with zero attached hydrogens (tertiary/aromatic N) is 1. The number of benzene rings is 2. The number of aliphatic imine (C=N–C) groups is 1. The van der Waals surface area contributed by atoms with Crippen LogP contribution in [0.15, 0.2) is 47.5 Å². The Kier molecular flexibility index (Phi) is 7.93. The zero-order valence-corrected chi connectivity index (χ0v) is 19.2. The van der Waals surface area contributed by atoms with Crippen LogP contribution in [0.25, 0.3) is 10.9 Å². The van der Waals surface area contributed by atoms with Gasteiger partial charge in [0.15, 0.2) is 6.08 Å². The highest BCUT2D eigenvalue weighted by Gasteiger charge is 2.10. The van der Waals surface area contributed by atoms with E-state index in [1.54, 1.807) is 39.0 Å². The third kappa shape index (κ3) is 7.08. The van der Waals surface area contributed by atoms with Crippen molar-refractivity contribution in [2.75, 3.05) is 0 Å². The van der Waals surface area contributed by atoms with Crippen molar-refractivity contribution < 1.29 is 14.6 Å². The quantitative estimate of drug-likeness (QED) is 0.409. The number of carbonyl (C=O) groups is 1. The van der Waals surface area contributed by atoms with E-state index in [9.17, 15) is 9.90 Å². The third-order valence-corrected chi connectivity index (χ3v) is 4.55. The van der Waals surface area contributed by atoms with E-state index in [1.165, 1.54) is 6.92 Å². The molecule has 0 saturated carbocycles. The van der Waals surface area contributed by atoms with Crippen molar-refractivity contribution in [3.05, 3.63) is 63.8 Å². The molecule has 0 atom stereocenters. The number of aromatic amines is 1. The Morgan fingerprint density at radius 1 is 1.13 bits per heavy atom. The molecule has 1 aromatic heterocycles. The van der Waals surface area contributed by atoms with Gasteiger partial charge in [-0.25, -0.2) is 4.99 Å². The second-order valence-electron chi connectivity index (χ2n) is 7.86. The Labute approximate surface area is 186 Å². The maximum atomic E-state index is 11.7. The molecule has 0 aliphatic rings. The van der Waals surface area contributed by atoms with E-state index < -0.39 is 11.7 Å². The molecule has 2 aromatic carbocycles. The van der Waals surface area contributed by atoms with Gasteiger partial charge in [-0.15, -0.1) is 0 Å². The molecule has 3 rings (SSSR count). The summed E-state index contributed by atoms with van der Waals surface area (Å²) in [7, 11) is 0. The summed E-state index contributed by atoms with van der Waals surface area (Å²) in [6, 6.07) is 12.9. The molecular formula is C23H25Cl2N2O3-. The molecule has 1 N–H and O–H groups in total. The van der Waals surface area contributed by atoms with Crippen LogP contribution in [0.2, 0.25) is 10.0 Å². The van der Waals surface area contributed by atoms with Gasteiger partial charge in [0, 0.05) is 44.2 Å². The smallest absolute Gasteiger partial charge is 0.151 e. The predicted molar refractivity (Wildman–Crippen MR) is 122 cm³/mol. The number of aryl methyl sites for hydroxylation is 1. The minimum Gasteiger partial charge on any atom is -0.594 e. The molecule has 3 aromatic rings. The summed E-state index contributed by atoms with van der Waals surface area (Å²) < 4.78 is 5.11. The van der Waals surface area contributed by atoms with Gasteiger partial charge in [-0.3, -0.25) is 4.79 Å². The molecule has 0 fully saturated rings. The topological polar surface area (TPSA) is 77.5 Å². The number of carbonyl (C=O) groups excluding carboxylic acids is 1. The molecule has 0 amide bonds. The fraction of sp³-hybridized carbons (Fsp3) is 0.304. The number of nitrogens with one attached hydrogen (secondary N) is 1. The van der Waals surface area contributed by atoms with E-state index in [4.69, 9.17) is 27.9 Å². The van der Waals surface area contributed by atoms with Crippen molar-refractivity contribution in [1.29, 1.82) is 0 Å². The summed E-state index contributed by atoms with van der Waals surface area (Å²) in [6.07, 6.45) is -0.555. The van der Waals surface area contributed by atoms with Crippen LogP contribution in [0, 0.1) is 6.92 Å². The molecule has 160 valence electrons. The number of halogens is 2. The molecule has 0 aliphatic carbocycles.